The maximum absolute atomic E-state index is 12.4. The van der Waals surface area contributed by atoms with E-state index in [0.29, 0.717) is 21.3 Å². The zero-order valence-corrected chi connectivity index (χ0v) is 13.5. The normalized spacial score (nSPS) is 10.9. The highest BCUT2D eigenvalue weighted by Crippen LogP contribution is 2.28. The first-order chi connectivity index (χ1) is 9.85. The van der Waals surface area contributed by atoms with Gasteiger partial charge in [-0.1, -0.05) is 12.1 Å². The van der Waals surface area contributed by atoms with E-state index in [4.69, 9.17) is 11.0 Å². The second kappa shape index (κ2) is 5.76. The number of nitrogens with two attached hydrogens (primary N) is 1. The first-order valence-corrected chi connectivity index (χ1v) is 8.20. The first-order valence-electron chi connectivity index (χ1n) is 5.92. The highest BCUT2D eigenvalue weighted by Gasteiger charge is 2.20. The molecule has 0 amide bonds. The molecular formula is C14H12BrN3O2S. The topological polar surface area (TPSA) is 96.0 Å². The summed E-state index contributed by atoms with van der Waals surface area (Å²) in [6.07, 6.45) is 0. The van der Waals surface area contributed by atoms with Crippen LogP contribution in [0.4, 0.5) is 11.4 Å². The Kier molecular flexibility index (Phi) is 4.21. The number of rotatable bonds is 3. The van der Waals surface area contributed by atoms with E-state index in [-0.39, 0.29) is 10.6 Å². The first kappa shape index (κ1) is 15.4. The van der Waals surface area contributed by atoms with Gasteiger partial charge in [0.15, 0.2) is 0 Å². The molecule has 108 valence electrons. The van der Waals surface area contributed by atoms with E-state index in [1.165, 1.54) is 6.07 Å². The molecule has 2 aromatic rings. The fraction of sp³-hybridized carbons (Fsp3) is 0.0714. The quantitative estimate of drug-likeness (QED) is 0.817. The Morgan fingerprint density at radius 1 is 1.29 bits per heavy atom. The van der Waals surface area contributed by atoms with Crippen LogP contribution in [-0.4, -0.2) is 8.42 Å². The summed E-state index contributed by atoms with van der Waals surface area (Å²) >= 11 is 3.19. The van der Waals surface area contributed by atoms with Crippen LogP contribution in [0.25, 0.3) is 0 Å². The second-order valence-electron chi connectivity index (χ2n) is 4.40. The van der Waals surface area contributed by atoms with Crippen molar-refractivity contribution in [1.29, 1.82) is 5.26 Å². The molecule has 2 aromatic carbocycles. The monoisotopic (exact) mass is 365 g/mol. The number of benzene rings is 2. The van der Waals surface area contributed by atoms with Crippen LogP contribution in [0.15, 0.2) is 45.8 Å². The van der Waals surface area contributed by atoms with E-state index in [1.54, 1.807) is 37.3 Å². The molecule has 21 heavy (non-hydrogen) atoms. The lowest BCUT2D eigenvalue weighted by Gasteiger charge is -2.12. The maximum atomic E-state index is 12.4. The van der Waals surface area contributed by atoms with Crippen LogP contribution in [-0.2, 0) is 10.0 Å². The molecule has 0 spiro atoms. The third-order valence-electron chi connectivity index (χ3n) is 2.87. The summed E-state index contributed by atoms with van der Waals surface area (Å²) < 4.78 is 27.7. The molecule has 0 saturated heterocycles. The van der Waals surface area contributed by atoms with Gasteiger partial charge in [0.2, 0.25) is 0 Å². The number of hydrogen-bond donors (Lipinski definition) is 2. The van der Waals surface area contributed by atoms with Crippen molar-refractivity contribution in [1.82, 2.24) is 0 Å². The van der Waals surface area contributed by atoms with Gasteiger partial charge >= 0.3 is 0 Å². The zero-order chi connectivity index (χ0) is 15.6. The molecule has 0 radical (unpaired) electrons. The van der Waals surface area contributed by atoms with E-state index in [2.05, 4.69) is 20.7 Å². The van der Waals surface area contributed by atoms with Crippen LogP contribution in [0, 0.1) is 18.3 Å². The molecule has 7 heteroatoms. The van der Waals surface area contributed by atoms with Crippen LogP contribution in [0.1, 0.15) is 11.1 Å². The molecule has 0 aromatic heterocycles. The van der Waals surface area contributed by atoms with Gasteiger partial charge < -0.3 is 5.73 Å². The summed E-state index contributed by atoms with van der Waals surface area (Å²) in [5.41, 5.74) is 7.20. The Hall–Kier alpha value is -2.04. The van der Waals surface area contributed by atoms with Crippen molar-refractivity contribution in [3.05, 3.63) is 52.0 Å². The van der Waals surface area contributed by atoms with Gasteiger partial charge in [-0.05, 0) is 52.7 Å². The van der Waals surface area contributed by atoms with Gasteiger partial charge in [0.25, 0.3) is 10.0 Å². The van der Waals surface area contributed by atoms with Gasteiger partial charge in [-0.25, -0.2) is 8.42 Å². The van der Waals surface area contributed by atoms with Crippen molar-refractivity contribution < 1.29 is 8.42 Å². The van der Waals surface area contributed by atoms with Gasteiger partial charge in [0, 0.05) is 10.2 Å². The lowest BCUT2D eigenvalue weighted by atomic mass is 10.1. The van der Waals surface area contributed by atoms with Crippen molar-refractivity contribution in [3.8, 4) is 6.07 Å². The van der Waals surface area contributed by atoms with Crippen molar-refractivity contribution in [2.75, 3.05) is 10.5 Å². The molecule has 5 nitrogen and oxygen atoms in total. The molecule has 2 rings (SSSR count). The number of aryl methyl sites for hydroxylation is 1. The van der Waals surface area contributed by atoms with Crippen molar-refractivity contribution >= 4 is 37.3 Å². The molecule has 0 heterocycles. The molecule has 0 fully saturated rings. The number of nitrogens with one attached hydrogen (secondary N) is 1. The number of nitriles is 1. The van der Waals surface area contributed by atoms with E-state index >= 15 is 0 Å². The van der Waals surface area contributed by atoms with Gasteiger partial charge in [0.05, 0.1) is 11.3 Å². The van der Waals surface area contributed by atoms with Gasteiger partial charge in [0.1, 0.15) is 11.0 Å². The van der Waals surface area contributed by atoms with Crippen LogP contribution in [0.5, 0.6) is 0 Å². The molecule has 0 unspecified atom stereocenters. The minimum absolute atomic E-state index is 0.0212. The van der Waals surface area contributed by atoms with Gasteiger partial charge in [-0.3, -0.25) is 4.72 Å². The number of halogens is 1. The van der Waals surface area contributed by atoms with Crippen LogP contribution in [0.2, 0.25) is 0 Å². The molecule has 0 bridgehead atoms. The van der Waals surface area contributed by atoms with Gasteiger partial charge in [-0.2, -0.15) is 5.26 Å². The van der Waals surface area contributed by atoms with Crippen molar-refractivity contribution in [2.45, 2.75) is 11.8 Å². The number of hydrogen-bond acceptors (Lipinski definition) is 4. The fourth-order valence-corrected chi connectivity index (χ4v) is 3.90. The maximum Gasteiger partial charge on any atom is 0.263 e. The van der Waals surface area contributed by atoms with E-state index < -0.39 is 10.0 Å². The van der Waals surface area contributed by atoms with Crippen LogP contribution < -0.4 is 10.5 Å². The molecule has 0 saturated carbocycles. The molecule has 0 aliphatic rings. The lowest BCUT2D eigenvalue weighted by Crippen LogP contribution is -2.15. The fourth-order valence-electron chi connectivity index (χ4n) is 1.83. The summed E-state index contributed by atoms with van der Waals surface area (Å²) in [4.78, 5) is 0.0212. The zero-order valence-electron chi connectivity index (χ0n) is 11.1. The van der Waals surface area contributed by atoms with Crippen LogP contribution >= 0.6 is 15.9 Å². The Bertz CT molecular complexity index is 842. The number of nitrogens with zero attached hydrogens (tertiary/aromatic N) is 1. The van der Waals surface area contributed by atoms with Crippen molar-refractivity contribution in [2.24, 2.45) is 0 Å². The summed E-state index contributed by atoms with van der Waals surface area (Å²) in [7, 11) is -3.84. The van der Waals surface area contributed by atoms with Gasteiger partial charge in [-0.15, -0.1) is 0 Å². The summed E-state index contributed by atoms with van der Waals surface area (Å²) in [6.45, 7) is 1.74. The SMILES string of the molecule is Cc1cccc(NS(=O)(=O)c2cc(N)ccc2Br)c1C#N. The minimum atomic E-state index is -3.84. The predicted octanol–water partition coefficient (Wildman–Crippen LogP) is 3.01. The molecule has 0 atom stereocenters. The highest BCUT2D eigenvalue weighted by atomic mass is 79.9. The summed E-state index contributed by atoms with van der Waals surface area (Å²) in [6, 6.07) is 11.5. The van der Waals surface area contributed by atoms with Crippen molar-refractivity contribution in [3.63, 3.8) is 0 Å². The second-order valence-corrected chi connectivity index (χ2v) is 6.91. The Morgan fingerprint density at radius 3 is 2.67 bits per heavy atom. The predicted molar refractivity (Wildman–Crippen MR) is 85.3 cm³/mol. The molecule has 0 aliphatic carbocycles. The molecule has 3 N–H and O–H groups in total. The average molecular weight is 366 g/mol. The summed E-state index contributed by atoms with van der Waals surface area (Å²) in [5, 5.41) is 9.15. The Balaban J connectivity index is 2.51. The van der Waals surface area contributed by atoms with E-state index in [9.17, 15) is 8.42 Å². The standard InChI is InChI=1S/C14H12BrN3O2S/c1-9-3-2-4-13(11(9)8-16)18-21(19,20)14-7-10(17)5-6-12(14)15/h2-7,18H,17H2,1H3. The number of anilines is 2. The molecule has 0 aliphatic heterocycles. The Labute approximate surface area is 131 Å². The highest BCUT2D eigenvalue weighted by molar-refractivity contribution is 9.10. The third kappa shape index (κ3) is 3.17. The molecular weight excluding hydrogens is 354 g/mol. The largest absolute Gasteiger partial charge is 0.399 e. The van der Waals surface area contributed by atoms with Crippen LogP contribution in [0.3, 0.4) is 0 Å². The van der Waals surface area contributed by atoms with E-state index in [1.807, 2.05) is 6.07 Å². The smallest absolute Gasteiger partial charge is 0.263 e. The average Bonchev–Trinajstić information content (AvgIpc) is 2.41. The van der Waals surface area contributed by atoms with E-state index in [0.717, 1.165) is 0 Å². The Morgan fingerprint density at radius 2 is 2.00 bits per heavy atom. The number of nitrogen functional groups attached to an aromatic ring is 1. The minimum Gasteiger partial charge on any atom is -0.399 e. The third-order valence-corrected chi connectivity index (χ3v) is 5.23. The lowest BCUT2D eigenvalue weighted by molar-refractivity contribution is 0.601. The summed E-state index contributed by atoms with van der Waals surface area (Å²) in [5.74, 6) is 0. The number of sulfonamides is 1.